The number of amides is 2. The lowest BCUT2D eigenvalue weighted by molar-refractivity contribution is -0.128. The van der Waals surface area contributed by atoms with Crippen LogP contribution < -0.4 is 5.73 Å². The number of imide groups is 1. The zero-order chi connectivity index (χ0) is 11.7. The minimum atomic E-state index is -0.232. The minimum absolute atomic E-state index is 0.166. The number of nitrogens with two attached hydrogens (primary N) is 1. The third-order valence-corrected chi connectivity index (χ3v) is 2.61. The van der Waals surface area contributed by atoms with Crippen LogP contribution in [-0.4, -0.2) is 29.3 Å². The van der Waals surface area contributed by atoms with Gasteiger partial charge in [-0.3, -0.25) is 14.5 Å². The first-order valence-electron chi connectivity index (χ1n) is 5.28. The van der Waals surface area contributed by atoms with E-state index >= 15 is 0 Å². The SMILES string of the molecule is CC(N)CN1C(=O)Cc2ccccc2C1=O. The van der Waals surface area contributed by atoms with E-state index in [0.717, 1.165) is 5.56 Å². The number of carbonyl (C=O) groups excluding carboxylic acids is 2. The number of carbonyl (C=O) groups is 2. The average molecular weight is 218 g/mol. The lowest BCUT2D eigenvalue weighted by atomic mass is 9.98. The van der Waals surface area contributed by atoms with E-state index in [9.17, 15) is 9.59 Å². The Morgan fingerprint density at radius 3 is 2.75 bits per heavy atom. The Bertz CT molecular complexity index is 440. The second-order valence-electron chi connectivity index (χ2n) is 4.12. The summed E-state index contributed by atoms with van der Waals surface area (Å²) in [6, 6.07) is 7.00. The largest absolute Gasteiger partial charge is 0.326 e. The Labute approximate surface area is 94.0 Å². The summed E-state index contributed by atoms with van der Waals surface area (Å²) in [4.78, 5) is 25.0. The lowest BCUT2D eigenvalue weighted by Gasteiger charge is -2.27. The second-order valence-corrected chi connectivity index (χ2v) is 4.12. The predicted molar refractivity (Wildman–Crippen MR) is 59.8 cm³/mol. The first kappa shape index (κ1) is 10.8. The van der Waals surface area contributed by atoms with Gasteiger partial charge < -0.3 is 5.73 Å². The Morgan fingerprint density at radius 1 is 1.38 bits per heavy atom. The third-order valence-electron chi connectivity index (χ3n) is 2.61. The van der Waals surface area contributed by atoms with E-state index in [2.05, 4.69) is 0 Å². The zero-order valence-electron chi connectivity index (χ0n) is 9.14. The molecular weight excluding hydrogens is 204 g/mol. The smallest absolute Gasteiger partial charge is 0.260 e. The summed E-state index contributed by atoms with van der Waals surface area (Å²) in [6.07, 6.45) is 0.286. The van der Waals surface area contributed by atoms with Crippen molar-refractivity contribution in [3.05, 3.63) is 35.4 Å². The van der Waals surface area contributed by atoms with Gasteiger partial charge in [-0.05, 0) is 18.6 Å². The number of hydrogen-bond donors (Lipinski definition) is 1. The van der Waals surface area contributed by atoms with Crippen LogP contribution in [-0.2, 0) is 11.2 Å². The maximum absolute atomic E-state index is 12.0. The standard InChI is InChI=1S/C12H14N2O2/c1-8(13)7-14-11(15)6-9-4-2-3-5-10(9)12(14)16/h2-5,8H,6-7,13H2,1H3. The van der Waals surface area contributed by atoms with Crippen LogP contribution in [0.2, 0.25) is 0 Å². The van der Waals surface area contributed by atoms with Gasteiger partial charge >= 0.3 is 0 Å². The first-order valence-corrected chi connectivity index (χ1v) is 5.28. The topological polar surface area (TPSA) is 63.4 Å². The molecule has 16 heavy (non-hydrogen) atoms. The molecule has 1 aromatic rings. The highest BCUT2D eigenvalue weighted by Gasteiger charge is 2.30. The molecular formula is C12H14N2O2. The van der Waals surface area contributed by atoms with E-state index in [1.54, 1.807) is 19.1 Å². The number of fused-ring (bicyclic) bond motifs is 1. The summed E-state index contributed by atoms with van der Waals surface area (Å²) in [5.74, 6) is -0.398. The van der Waals surface area contributed by atoms with Gasteiger partial charge in [-0.2, -0.15) is 0 Å². The molecule has 4 heteroatoms. The Hall–Kier alpha value is -1.68. The van der Waals surface area contributed by atoms with E-state index in [1.807, 2.05) is 12.1 Å². The van der Waals surface area contributed by atoms with Crippen molar-refractivity contribution >= 4 is 11.8 Å². The number of benzene rings is 1. The van der Waals surface area contributed by atoms with Crippen molar-refractivity contribution in [2.45, 2.75) is 19.4 Å². The van der Waals surface area contributed by atoms with Crippen LogP contribution in [0.5, 0.6) is 0 Å². The van der Waals surface area contributed by atoms with Gasteiger partial charge in [0.25, 0.3) is 5.91 Å². The van der Waals surface area contributed by atoms with Gasteiger partial charge in [-0.25, -0.2) is 0 Å². The van der Waals surface area contributed by atoms with Gasteiger partial charge in [-0.15, -0.1) is 0 Å². The van der Waals surface area contributed by atoms with Gasteiger partial charge in [-0.1, -0.05) is 18.2 Å². The lowest BCUT2D eigenvalue weighted by Crippen LogP contribution is -2.47. The summed E-state index contributed by atoms with van der Waals surface area (Å²) in [7, 11) is 0. The first-order chi connectivity index (χ1) is 7.59. The quantitative estimate of drug-likeness (QED) is 0.738. The van der Waals surface area contributed by atoms with Crippen LogP contribution in [0, 0.1) is 0 Å². The maximum Gasteiger partial charge on any atom is 0.260 e. The minimum Gasteiger partial charge on any atom is -0.326 e. The molecule has 0 aliphatic carbocycles. The molecule has 84 valence electrons. The van der Waals surface area contributed by atoms with E-state index in [1.165, 1.54) is 4.90 Å². The Balaban J connectivity index is 2.34. The molecule has 0 spiro atoms. The van der Waals surface area contributed by atoms with Gasteiger partial charge in [0.1, 0.15) is 0 Å². The molecule has 0 saturated heterocycles. The van der Waals surface area contributed by atoms with Gasteiger partial charge in [0.2, 0.25) is 5.91 Å². The van der Waals surface area contributed by atoms with Crippen LogP contribution in [0.15, 0.2) is 24.3 Å². The highest BCUT2D eigenvalue weighted by Crippen LogP contribution is 2.19. The van der Waals surface area contributed by atoms with Crippen LogP contribution in [0.3, 0.4) is 0 Å². The van der Waals surface area contributed by atoms with Crippen molar-refractivity contribution < 1.29 is 9.59 Å². The Kier molecular flexibility index (Phi) is 2.75. The molecule has 0 bridgehead atoms. The molecule has 0 fully saturated rings. The van der Waals surface area contributed by atoms with Crippen LogP contribution in [0.25, 0.3) is 0 Å². The van der Waals surface area contributed by atoms with Crippen LogP contribution in [0.4, 0.5) is 0 Å². The monoisotopic (exact) mass is 218 g/mol. The summed E-state index contributed by atoms with van der Waals surface area (Å²) >= 11 is 0. The fourth-order valence-corrected chi connectivity index (χ4v) is 1.87. The van der Waals surface area contributed by atoms with Crippen molar-refractivity contribution in [2.75, 3.05) is 6.54 Å². The third kappa shape index (κ3) is 1.84. The molecule has 1 unspecified atom stereocenters. The van der Waals surface area contributed by atoms with Crippen molar-refractivity contribution in [2.24, 2.45) is 5.73 Å². The van der Waals surface area contributed by atoms with Crippen LogP contribution >= 0.6 is 0 Å². The molecule has 1 aliphatic rings. The molecule has 1 heterocycles. The number of hydrogen-bond acceptors (Lipinski definition) is 3. The van der Waals surface area contributed by atoms with Crippen molar-refractivity contribution in [3.8, 4) is 0 Å². The number of rotatable bonds is 2. The molecule has 2 amide bonds. The zero-order valence-corrected chi connectivity index (χ0v) is 9.14. The second kappa shape index (κ2) is 4.06. The normalized spacial score (nSPS) is 17.2. The van der Waals surface area contributed by atoms with E-state index in [-0.39, 0.29) is 30.8 Å². The molecule has 1 aromatic carbocycles. The molecule has 0 radical (unpaired) electrons. The summed E-state index contributed by atoms with van der Waals surface area (Å²) in [6.45, 7) is 2.06. The van der Waals surface area contributed by atoms with Gasteiger partial charge in [0.05, 0.1) is 6.42 Å². The van der Waals surface area contributed by atoms with Crippen molar-refractivity contribution in [1.29, 1.82) is 0 Å². The van der Waals surface area contributed by atoms with Crippen molar-refractivity contribution in [1.82, 2.24) is 4.90 Å². The molecule has 4 nitrogen and oxygen atoms in total. The fraction of sp³-hybridized carbons (Fsp3) is 0.333. The predicted octanol–water partition coefficient (Wildman–Crippen LogP) is 0.559. The van der Waals surface area contributed by atoms with Gasteiger partial charge in [0.15, 0.2) is 0 Å². The average Bonchev–Trinajstić information content (AvgIpc) is 2.24. The highest BCUT2D eigenvalue weighted by atomic mass is 16.2. The highest BCUT2D eigenvalue weighted by molar-refractivity contribution is 6.09. The molecule has 2 rings (SSSR count). The molecule has 1 atom stereocenters. The maximum atomic E-state index is 12.0. The molecule has 2 N–H and O–H groups in total. The van der Waals surface area contributed by atoms with Gasteiger partial charge in [0, 0.05) is 18.2 Å². The van der Waals surface area contributed by atoms with Crippen LogP contribution in [0.1, 0.15) is 22.8 Å². The summed E-state index contributed by atoms with van der Waals surface area (Å²) in [5, 5.41) is 0. The summed E-state index contributed by atoms with van der Waals surface area (Å²) < 4.78 is 0. The molecule has 1 aliphatic heterocycles. The summed E-state index contributed by atoms with van der Waals surface area (Å²) in [5.41, 5.74) is 7.04. The van der Waals surface area contributed by atoms with E-state index in [4.69, 9.17) is 5.73 Å². The molecule has 0 saturated carbocycles. The van der Waals surface area contributed by atoms with E-state index < -0.39 is 0 Å². The molecule has 0 aromatic heterocycles. The Morgan fingerprint density at radius 2 is 2.06 bits per heavy atom. The number of nitrogens with zero attached hydrogens (tertiary/aromatic N) is 1. The van der Waals surface area contributed by atoms with E-state index in [0.29, 0.717) is 5.56 Å². The fourth-order valence-electron chi connectivity index (χ4n) is 1.87. The van der Waals surface area contributed by atoms with Crippen molar-refractivity contribution in [3.63, 3.8) is 0 Å².